The molecule has 19 heavy (non-hydrogen) atoms. The molecule has 4 nitrogen and oxygen atoms in total. The molecule has 0 bridgehead atoms. The molecule has 0 fully saturated rings. The van der Waals surface area contributed by atoms with Gasteiger partial charge in [0.05, 0.1) is 11.2 Å². The van der Waals surface area contributed by atoms with Gasteiger partial charge in [-0.05, 0) is 40.7 Å². The van der Waals surface area contributed by atoms with Crippen LogP contribution in [0.3, 0.4) is 0 Å². The van der Waals surface area contributed by atoms with Crippen LogP contribution in [0.5, 0.6) is 0 Å². The van der Waals surface area contributed by atoms with Gasteiger partial charge in [-0.1, -0.05) is 17.6 Å². The zero-order valence-corrected chi connectivity index (χ0v) is 12.2. The van der Waals surface area contributed by atoms with Crippen LogP contribution in [0.1, 0.15) is 40.2 Å². The standard InChI is InChI=1S/C14H22BN2O2/c1-9(16)11-8-10(6-7-12(11)17)15-19-14(4,5)13(2,3)18/h6-8,16,18H,17H2,1-5H3. The van der Waals surface area contributed by atoms with E-state index in [4.69, 9.17) is 15.8 Å². The van der Waals surface area contributed by atoms with Crippen LogP contribution in [0, 0.1) is 5.41 Å². The Bertz CT molecular complexity index is 479. The van der Waals surface area contributed by atoms with Gasteiger partial charge in [-0.2, -0.15) is 0 Å². The van der Waals surface area contributed by atoms with E-state index in [-0.39, 0.29) is 0 Å². The molecule has 0 saturated heterocycles. The molecule has 0 spiro atoms. The summed E-state index contributed by atoms with van der Waals surface area (Å²) in [5, 5.41) is 17.7. The van der Waals surface area contributed by atoms with Crippen LogP contribution in [0.4, 0.5) is 5.69 Å². The maximum absolute atomic E-state index is 10.0. The van der Waals surface area contributed by atoms with Crippen molar-refractivity contribution in [3.63, 3.8) is 0 Å². The molecule has 0 atom stereocenters. The highest BCUT2D eigenvalue weighted by molar-refractivity contribution is 6.47. The zero-order valence-electron chi connectivity index (χ0n) is 12.2. The number of nitrogens with one attached hydrogen (secondary N) is 1. The van der Waals surface area contributed by atoms with Crippen LogP contribution < -0.4 is 11.2 Å². The third-order valence-corrected chi connectivity index (χ3v) is 3.44. The van der Waals surface area contributed by atoms with Gasteiger partial charge in [-0.3, -0.25) is 0 Å². The topological polar surface area (TPSA) is 79.3 Å². The Morgan fingerprint density at radius 1 is 1.32 bits per heavy atom. The van der Waals surface area contributed by atoms with Crippen LogP contribution in [0.2, 0.25) is 0 Å². The Morgan fingerprint density at radius 2 is 1.89 bits per heavy atom. The first kappa shape index (κ1) is 15.7. The van der Waals surface area contributed by atoms with Gasteiger partial charge in [0, 0.05) is 17.0 Å². The number of nitrogen functional groups attached to an aromatic ring is 1. The fourth-order valence-corrected chi connectivity index (χ4v) is 1.33. The fraction of sp³-hybridized carbons (Fsp3) is 0.500. The highest BCUT2D eigenvalue weighted by Crippen LogP contribution is 2.24. The minimum absolute atomic E-state index is 0.412. The van der Waals surface area contributed by atoms with E-state index in [0.717, 1.165) is 5.46 Å². The molecule has 1 aromatic rings. The van der Waals surface area contributed by atoms with E-state index in [9.17, 15) is 5.11 Å². The molecule has 0 saturated carbocycles. The Hall–Kier alpha value is -1.33. The van der Waals surface area contributed by atoms with Crippen LogP contribution >= 0.6 is 0 Å². The van der Waals surface area contributed by atoms with E-state index in [2.05, 4.69) is 0 Å². The average Bonchev–Trinajstić information content (AvgIpc) is 2.26. The number of nitrogens with two attached hydrogens (primary N) is 1. The van der Waals surface area contributed by atoms with Crippen molar-refractivity contribution in [1.82, 2.24) is 0 Å². The summed E-state index contributed by atoms with van der Waals surface area (Å²) in [6.45, 7) is 8.75. The normalized spacial score (nSPS) is 12.3. The summed E-state index contributed by atoms with van der Waals surface area (Å²) in [6.07, 6.45) is 0. The second-order valence-electron chi connectivity index (χ2n) is 5.78. The van der Waals surface area contributed by atoms with Crippen molar-refractivity contribution in [2.24, 2.45) is 0 Å². The van der Waals surface area contributed by atoms with E-state index in [0.29, 0.717) is 17.0 Å². The molecule has 0 aromatic heterocycles. The van der Waals surface area contributed by atoms with E-state index < -0.39 is 11.2 Å². The van der Waals surface area contributed by atoms with Crippen LogP contribution in [0.25, 0.3) is 0 Å². The summed E-state index contributed by atoms with van der Waals surface area (Å²) in [4.78, 5) is 0. The molecule has 5 heteroatoms. The molecule has 1 aromatic carbocycles. The first-order valence-corrected chi connectivity index (χ1v) is 6.23. The molecule has 0 aliphatic rings. The van der Waals surface area contributed by atoms with E-state index in [1.54, 1.807) is 40.4 Å². The zero-order chi connectivity index (χ0) is 14.8. The Morgan fingerprint density at radius 3 is 2.37 bits per heavy atom. The van der Waals surface area contributed by atoms with Crippen molar-refractivity contribution < 1.29 is 9.76 Å². The van der Waals surface area contributed by atoms with Gasteiger partial charge in [0.2, 0.25) is 0 Å². The van der Waals surface area contributed by atoms with Crippen molar-refractivity contribution in [3.8, 4) is 0 Å². The van der Waals surface area contributed by atoms with Gasteiger partial charge in [-0.15, -0.1) is 0 Å². The SMILES string of the molecule is CC(=N)c1cc([B]OC(C)(C)C(C)(C)O)ccc1N. The van der Waals surface area contributed by atoms with Gasteiger partial charge in [-0.25, -0.2) is 0 Å². The lowest BCUT2D eigenvalue weighted by atomic mass is 9.81. The predicted molar refractivity (Wildman–Crippen MR) is 80.2 cm³/mol. The van der Waals surface area contributed by atoms with Crippen LogP contribution in [-0.4, -0.2) is 29.5 Å². The van der Waals surface area contributed by atoms with Gasteiger partial charge in [0.25, 0.3) is 0 Å². The lowest BCUT2D eigenvalue weighted by molar-refractivity contribution is -0.0893. The Balaban J connectivity index is 2.85. The van der Waals surface area contributed by atoms with Crippen molar-refractivity contribution in [3.05, 3.63) is 23.8 Å². The van der Waals surface area contributed by atoms with Crippen molar-refractivity contribution in [1.29, 1.82) is 5.41 Å². The number of benzene rings is 1. The predicted octanol–water partition coefficient (Wildman–Crippen LogP) is 1.47. The minimum atomic E-state index is -0.961. The quantitative estimate of drug-likeness (QED) is 0.426. The van der Waals surface area contributed by atoms with E-state index in [1.807, 2.05) is 19.9 Å². The summed E-state index contributed by atoms with van der Waals surface area (Å²) >= 11 is 0. The molecule has 0 unspecified atom stereocenters. The lowest BCUT2D eigenvalue weighted by Crippen LogP contribution is -2.49. The van der Waals surface area contributed by atoms with Crippen LogP contribution in [-0.2, 0) is 4.65 Å². The van der Waals surface area contributed by atoms with E-state index in [1.165, 1.54) is 0 Å². The molecular weight excluding hydrogens is 239 g/mol. The molecule has 103 valence electrons. The Labute approximate surface area is 115 Å². The maximum Gasteiger partial charge on any atom is 0.330 e. The van der Waals surface area contributed by atoms with Crippen molar-refractivity contribution in [2.75, 3.05) is 5.73 Å². The average molecular weight is 261 g/mol. The molecule has 1 rings (SSSR count). The first-order chi connectivity index (χ1) is 8.54. The third kappa shape index (κ3) is 3.82. The highest BCUT2D eigenvalue weighted by atomic mass is 16.5. The van der Waals surface area contributed by atoms with E-state index >= 15 is 0 Å². The highest BCUT2D eigenvalue weighted by Gasteiger charge is 2.35. The second-order valence-corrected chi connectivity index (χ2v) is 5.78. The molecule has 0 amide bonds. The molecule has 4 N–H and O–H groups in total. The van der Waals surface area contributed by atoms with Crippen molar-refractivity contribution >= 4 is 24.3 Å². The Kier molecular flexibility index (Phi) is 4.43. The summed E-state index contributed by atoms with van der Waals surface area (Å²) in [5.74, 6) is 0. The van der Waals surface area contributed by atoms with Gasteiger partial charge in [0.15, 0.2) is 0 Å². The third-order valence-electron chi connectivity index (χ3n) is 3.44. The first-order valence-electron chi connectivity index (χ1n) is 6.23. The van der Waals surface area contributed by atoms with Gasteiger partial charge in [0.1, 0.15) is 0 Å². The second kappa shape index (κ2) is 5.35. The largest absolute Gasteiger partial charge is 0.427 e. The van der Waals surface area contributed by atoms with Crippen LogP contribution in [0.15, 0.2) is 18.2 Å². The summed E-state index contributed by atoms with van der Waals surface area (Å²) in [5.41, 5.74) is 6.62. The summed E-state index contributed by atoms with van der Waals surface area (Å²) in [6, 6.07) is 5.38. The molecular formula is C14H22BN2O2. The van der Waals surface area contributed by atoms with Crippen molar-refractivity contribution in [2.45, 2.75) is 45.8 Å². The molecule has 1 radical (unpaired) electrons. The summed E-state index contributed by atoms with van der Waals surface area (Å²) in [7, 11) is 1.59. The molecule has 0 heterocycles. The molecule has 0 aliphatic heterocycles. The summed E-state index contributed by atoms with van der Waals surface area (Å²) < 4.78 is 5.67. The number of hydrogen-bond acceptors (Lipinski definition) is 4. The van der Waals surface area contributed by atoms with Gasteiger partial charge < -0.3 is 20.9 Å². The number of anilines is 1. The van der Waals surface area contributed by atoms with Gasteiger partial charge >= 0.3 is 7.48 Å². The number of hydrogen-bond donors (Lipinski definition) is 3. The minimum Gasteiger partial charge on any atom is -0.427 e. The smallest absolute Gasteiger partial charge is 0.330 e. The fourth-order valence-electron chi connectivity index (χ4n) is 1.33. The lowest BCUT2D eigenvalue weighted by Gasteiger charge is -2.37. The number of aliphatic hydroxyl groups is 1. The maximum atomic E-state index is 10.0. The number of rotatable bonds is 5. The monoisotopic (exact) mass is 261 g/mol. The molecule has 0 aliphatic carbocycles.